The van der Waals surface area contributed by atoms with Crippen LogP contribution < -0.4 is 0 Å². The van der Waals surface area contributed by atoms with Crippen LogP contribution >= 0.6 is 23.4 Å². The molecule has 4 rings (SSSR count). The van der Waals surface area contributed by atoms with Gasteiger partial charge in [-0.15, -0.1) is 10.2 Å². The van der Waals surface area contributed by atoms with Crippen LogP contribution in [0.25, 0.3) is 17.1 Å². The third kappa shape index (κ3) is 5.18. The first kappa shape index (κ1) is 22.9. The van der Waals surface area contributed by atoms with E-state index in [2.05, 4.69) is 49.2 Å². The Bertz CT molecular complexity index is 1110. The summed E-state index contributed by atoms with van der Waals surface area (Å²) in [6.07, 6.45) is 3.45. The van der Waals surface area contributed by atoms with Crippen molar-refractivity contribution < 1.29 is 4.79 Å². The van der Waals surface area contributed by atoms with Crippen LogP contribution in [0.15, 0.2) is 47.6 Å². The number of hydrogen-bond acceptors (Lipinski definition) is 4. The average Bonchev–Trinajstić information content (AvgIpc) is 3.51. The zero-order chi connectivity index (χ0) is 22.7. The van der Waals surface area contributed by atoms with Gasteiger partial charge in [-0.2, -0.15) is 0 Å². The lowest BCUT2D eigenvalue weighted by Gasteiger charge is -2.22. The zero-order valence-corrected chi connectivity index (χ0v) is 20.4. The largest absolute Gasteiger partial charge is 0.342 e. The molecule has 0 atom stereocenters. The summed E-state index contributed by atoms with van der Waals surface area (Å²) in [6, 6.07) is 14.0. The SMILES string of the molecule is CCCN(CC1CC1)C(=O)CSc1nnc(-c2ccccc2Cl)n1-c1cc(C)ccc1C. The van der Waals surface area contributed by atoms with Crippen LogP contribution in [0.5, 0.6) is 0 Å². The Balaban J connectivity index is 1.67. The van der Waals surface area contributed by atoms with Gasteiger partial charge in [0.25, 0.3) is 0 Å². The minimum absolute atomic E-state index is 0.165. The molecule has 1 aromatic heterocycles. The number of carbonyl (C=O) groups is 1. The van der Waals surface area contributed by atoms with Crippen molar-refractivity contribution in [2.24, 2.45) is 5.92 Å². The van der Waals surface area contributed by atoms with Gasteiger partial charge in [0.05, 0.1) is 16.5 Å². The van der Waals surface area contributed by atoms with E-state index in [0.29, 0.717) is 27.7 Å². The maximum atomic E-state index is 13.0. The first-order valence-corrected chi connectivity index (χ1v) is 12.5. The van der Waals surface area contributed by atoms with E-state index in [-0.39, 0.29) is 5.91 Å². The van der Waals surface area contributed by atoms with Gasteiger partial charge in [-0.1, -0.05) is 54.6 Å². The van der Waals surface area contributed by atoms with Crippen LogP contribution in [0.3, 0.4) is 0 Å². The van der Waals surface area contributed by atoms with Crippen molar-refractivity contribution in [3.8, 4) is 17.1 Å². The number of hydrogen-bond donors (Lipinski definition) is 0. The molecule has 0 unspecified atom stereocenters. The van der Waals surface area contributed by atoms with E-state index >= 15 is 0 Å². The molecule has 7 heteroatoms. The van der Waals surface area contributed by atoms with Crippen molar-refractivity contribution in [3.63, 3.8) is 0 Å². The lowest BCUT2D eigenvalue weighted by atomic mass is 10.1. The summed E-state index contributed by atoms with van der Waals surface area (Å²) in [7, 11) is 0. The summed E-state index contributed by atoms with van der Waals surface area (Å²) < 4.78 is 2.03. The summed E-state index contributed by atoms with van der Waals surface area (Å²) in [5, 5.41) is 10.3. The van der Waals surface area contributed by atoms with Crippen molar-refractivity contribution in [1.29, 1.82) is 0 Å². The van der Waals surface area contributed by atoms with Crippen molar-refractivity contribution in [1.82, 2.24) is 19.7 Å². The van der Waals surface area contributed by atoms with Crippen LogP contribution in [-0.4, -0.2) is 44.4 Å². The third-order valence-corrected chi connectivity index (χ3v) is 6.94. The monoisotopic (exact) mass is 468 g/mol. The van der Waals surface area contributed by atoms with Gasteiger partial charge in [0, 0.05) is 18.7 Å². The molecule has 0 radical (unpaired) electrons. The Morgan fingerprint density at radius 3 is 2.69 bits per heavy atom. The number of halogens is 1. The maximum Gasteiger partial charge on any atom is 0.233 e. The minimum atomic E-state index is 0.165. The van der Waals surface area contributed by atoms with E-state index < -0.39 is 0 Å². The number of thioether (sulfide) groups is 1. The smallest absolute Gasteiger partial charge is 0.233 e. The van der Waals surface area contributed by atoms with Crippen molar-refractivity contribution in [2.45, 2.75) is 45.2 Å². The fourth-order valence-corrected chi connectivity index (χ4v) is 4.84. The van der Waals surface area contributed by atoms with E-state index in [0.717, 1.165) is 41.9 Å². The Kier molecular flexibility index (Phi) is 7.21. The van der Waals surface area contributed by atoms with Crippen LogP contribution in [0.4, 0.5) is 0 Å². The molecule has 2 aromatic carbocycles. The van der Waals surface area contributed by atoms with Gasteiger partial charge < -0.3 is 4.90 Å². The molecule has 1 aliphatic carbocycles. The molecular formula is C25H29ClN4OS. The number of rotatable bonds is 9. The number of nitrogens with zero attached hydrogens (tertiary/aromatic N) is 4. The molecule has 1 aliphatic rings. The average molecular weight is 469 g/mol. The molecule has 0 aliphatic heterocycles. The number of benzene rings is 2. The molecule has 0 N–H and O–H groups in total. The van der Waals surface area contributed by atoms with Crippen LogP contribution in [0.1, 0.15) is 37.3 Å². The highest BCUT2D eigenvalue weighted by atomic mass is 35.5. The van der Waals surface area contributed by atoms with Crippen LogP contribution in [0.2, 0.25) is 5.02 Å². The van der Waals surface area contributed by atoms with Crippen molar-refractivity contribution >= 4 is 29.3 Å². The second-order valence-corrected chi connectivity index (χ2v) is 9.83. The van der Waals surface area contributed by atoms with Gasteiger partial charge in [-0.25, -0.2) is 0 Å². The normalized spacial score (nSPS) is 13.4. The first-order chi connectivity index (χ1) is 15.5. The summed E-state index contributed by atoms with van der Waals surface area (Å²) >= 11 is 7.95. The fourth-order valence-electron chi connectivity index (χ4n) is 3.78. The Hall–Kier alpha value is -2.31. The van der Waals surface area contributed by atoms with E-state index in [9.17, 15) is 4.79 Å². The third-order valence-electron chi connectivity index (χ3n) is 5.70. The molecule has 0 bridgehead atoms. The second-order valence-electron chi connectivity index (χ2n) is 8.48. The molecule has 168 valence electrons. The highest BCUT2D eigenvalue weighted by Gasteiger charge is 2.27. The van der Waals surface area contributed by atoms with Gasteiger partial charge >= 0.3 is 0 Å². The summed E-state index contributed by atoms with van der Waals surface area (Å²) in [5.41, 5.74) is 4.08. The second kappa shape index (κ2) is 10.1. The number of carbonyl (C=O) groups excluding carboxylic acids is 1. The first-order valence-electron chi connectivity index (χ1n) is 11.2. The molecule has 1 saturated carbocycles. The minimum Gasteiger partial charge on any atom is -0.342 e. The topological polar surface area (TPSA) is 51.0 Å². The molecule has 32 heavy (non-hydrogen) atoms. The number of aryl methyl sites for hydroxylation is 2. The molecule has 1 fully saturated rings. The Labute approximate surface area is 199 Å². The number of amides is 1. The van der Waals surface area contributed by atoms with Crippen molar-refractivity contribution in [3.05, 3.63) is 58.6 Å². The molecule has 3 aromatic rings. The quantitative estimate of drug-likeness (QED) is 0.364. The summed E-state index contributed by atoms with van der Waals surface area (Å²) in [4.78, 5) is 15.0. The van der Waals surface area contributed by atoms with Crippen LogP contribution in [-0.2, 0) is 4.79 Å². The van der Waals surface area contributed by atoms with E-state index in [4.69, 9.17) is 11.6 Å². The van der Waals surface area contributed by atoms with Gasteiger partial charge in [-0.3, -0.25) is 9.36 Å². The molecule has 5 nitrogen and oxygen atoms in total. The van der Waals surface area contributed by atoms with Crippen LogP contribution in [0, 0.1) is 19.8 Å². The molecule has 1 amide bonds. The van der Waals surface area contributed by atoms with E-state index in [1.54, 1.807) is 0 Å². The highest BCUT2D eigenvalue weighted by molar-refractivity contribution is 7.99. The standard InChI is InChI=1S/C25H29ClN4OS/c1-4-13-29(15-19-11-12-19)23(31)16-32-25-28-27-24(20-7-5-6-8-21(20)26)30(25)22-14-17(2)9-10-18(22)3/h5-10,14,19H,4,11-13,15-16H2,1-3H3. The van der Waals surface area contributed by atoms with Gasteiger partial charge in [0.2, 0.25) is 5.91 Å². The predicted octanol–water partition coefficient (Wildman–Crippen LogP) is 5.95. The molecular weight excluding hydrogens is 440 g/mol. The fraction of sp³-hybridized carbons (Fsp3) is 0.400. The van der Waals surface area contributed by atoms with Gasteiger partial charge in [-0.05, 0) is 68.4 Å². The van der Waals surface area contributed by atoms with Crippen molar-refractivity contribution in [2.75, 3.05) is 18.8 Å². The lowest BCUT2D eigenvalue weighted by molar-refractivity contribution is -0.128. The Morgan fingerprint density at radius 2 is 1.97 bits per heavy atom. The zero-order valence-electron chi connectivity index (χ0n) is 18.8. The van der Waals surface area contributed by atoms with E-state index in [1.165, 1.54) is 24.6 Å². The summed E-state index contributed by atoms with van der Waals surface area (Å²) in [5.74, 6) is 1.88. The Morgan fingerprint density at radius 1 is 1.19 bits per heavy atom. The molecule has 0 spiro atoms. The lowest BCUT2D eigenvalue weighted by Crippen LogP contribution is -2.35. The predicted molar refractivity (Wildman–Crippen MR) is 132 cm³/mol. The summed E-state index contributed by atoms with van der Waals surface area (Å²) in [6.45, 7) is 7.95. The molecule has 0 saturated heterocycles. The van der Waals surface area contributed by atoms with Gasteiger partial charge in [0.1, 0.15) is 0 Å². The molecule has 1 heterocycles. The maximum absolute atomic E-state index is 13.0. The highest BCUT2D eigenvalue weighted by Crippen LogP contribution is 2.34. The number of aromatic nitrogens is 3. The van der Waals surface area contributed by atoms with E-state index in [1.807, 2.05) is 33.7 Å². The van der Waals surface area contributed by atoms with Gasteiger partial charge in [0.15, 0.2) is 11.0 Å².